The number of aliphatic imine (C=N–C) groups is 1. The topological polar surface area (TPSA) is 69.1 Å². The van der Waals surface area contributed by atoms with Gasteiger partial charge in [0.15, 0.2) is 5.96 Å². The zero-order valence-electron chi connectivity index (χ0n) is 18.1. The van der Waals surface area contributed by atoms with E-state index in [9.17, 15) is 5.11 Å². The van der Waals surface area contributed by atoms with Gasteiger partial charge in [0.2, 0.25) is 0 Å². The molecule has 2 unspecified atom stereocenters. The normalized spacial score (nSPS) is 13.6. The van der Waals surface area contributed by atoms with Crippen LogP contribution in [-0.4, -0.2) is 61.8 Å². The number of nitrogens with zero attached hydrogens (tertiary/aromatic N) is 2. The molecule has 162 valence electrons. The van der Waals surface area contributed by atoms with E-state index in [1.54, 1.807) is 7.11 Å². The monoisotopic (exact) mass is 506 g/mol. The number of methoxy groups -OCH3 is 1. The molecule has 0 aliphatic rings. The molecule has 1 rings (SSSR count). The number of benzene rings is 1. The van der Waals surface area contributed by atoms with E-state index >= 15 is 0 Å². The molecule has 0 aromatic heterocycles. The smallest absolute Gasteiger partial charge is 0.191 e. The van der Waals surface area contributed by atoms with Crippen LogP contribution in [0, 0.1) is 0 Å². The summed E-state index contributed by atoms with van der Waals surface area (Å²) < 4.78 is 5.15. The number of rotatable bonds is 12. The maximum Gasteiger partial charge on any atom is 0.191 e. The second-order valence-electron chi connectivity index (χ2n) is 6.72. The van der Waals surface area contributed by atoms with Crippen LogP contribution >= 0.6 is 24.0 Å². The van der Waals surface area contributed by atoms with Crippen LogP contribution in [-0.2, 0) is 0 Å². The second kappa shape index (κ2) is 15.8. The van der Waals surface area contributed by atoms with Crippen molar-refractivity contribution in [2.45, 2.75) is 52.7 Å². The highest BCUT2D eigenvalue weighted by Gasteiger charge is 2.10. The van der Waals surface area contributed by atoms with Gasteiger partial charge in [0, 0.05) is 12.6 Å². The predicted octanol–water partition coefficient (Wildman–Crippen LogP) is 3.41. The van der Waals surface area contributed by atoms with Crippen molar-refractivity contribution in [1.82, 2.24) is 15.5 Å². The van der Waals surface area contributed by atoms with Gasteiger partial charge in [-0.3, -0.25) is 4.99 Å². The SMILES string of the molecule is CCNC(=NCC(O)c1ccc(OC)cc1)NC(C)CCCN(CC)CC.I. The van der Waals surface area contributed by atoms with E-state index in [0.29, 0.717) is 12.6 Å². The number of guanidine groups is 1. The summed E-state index contributed by atoms with van der Waals surface area (Å²) >= 11 is 0. The standard InChI is InChI=1S/C21H38N4O2.HI/c1-6-22-21(24-17(4)10-9-15-25(7-2)8-3)23-16-20(26)18-11-13-19(27-5)14-12-18;/h11-14,17,20,26H,6-10,15-16H2,1-5H3,(H2,22,23,24);1H. The van der Waals surface area contributed by atoms with Crippen molar-refractivity contribution < 1.29 is 9.84 Å². The molecule has 0 aliphatic carbocycles. The first-order chi connectivity index (χ1) is 13.0. The second-order valence-corrected chi connectivity index (χ2v) is 6.72. The number of aliphatic hydroxyl groups is 1. The Hall–Kier alpha value is -1.06. The number of hydrogen-bond donors (Lipinski definition) is 3. The lowest BCUT2D eigenvalue weighted by atomic mass is 10.1. The first kappa shape index (κ1) is 26.9. The Morgan fingerprint density at radius 3 is 2.36 bits per heavy atom. The van der Waals surface area contributed by atoms with Gasteiger partial charge in [-0.05, 0) is 64.0 Å². The first-order valence-electron chi connectivity index (χ1n) is 10.1. The molecule has 0 amide bonds. The molecular formula is C21H39IN4O2. The van der Waals surface area contributed by atoms with Crippen molar-refractivity contribution in [3.8, 4) is 5.75 Å². The highest BCUT2D eigenvalue weighted by Crippen LogP contribution is 2.17. The summed E-state index contributed by atoms with van der Waals surface area (Å²) in [6, 6.07) is 7.77. The summed E-state index contributed by atoms with van der Waals surface area (Å²) in [6.45, 7) is 13.1. The molecule has 2 atom stereocenters. The van der Waals surface area contributed by atoms with E-state index in [2.05, 4.69) is 41.3 Å². The number of nitrogens with one attached hydrogen (secondary N) is 2. The summed E-state index contributed by atoms with van der Waals surface area (Å²) in [4.78, 5) is 6.99. The molecular weight excluding hydrogens is 467 g/mol. The van der Waals surface area contributed by atoms with Crippen LogP contribution in [0.25, 0.3) is 0 Å². The lowest BCUT2D eigenvalue weighted by molar-refractivity contribution is 0.187. The minimum Gasteiger partial charge on any atom is -0.497 e. The zero-order valence-corrected chi connectivity index (χ0v) is 20.4. The molecule has 0 bridgehead atoms. The van der Waals surface area contributed by atoms with Crippen LogP contribution in [0.4, 0.5) is 0 Å². The average Bonchev–Trinajstić information content (AvgIpc) is 2.69. The zero-order chi connectivity index (χ0) is 20.1. The van der Waals surface area contributed by atoms with Gasteiger partial charge >= 0.3 is 0 Å². The summed E-state index contributed by atoms with van der Waals surface area (Å²) in [7, 11) is 1.63. The molecule has 7 heteroatoms. The van der Waals surface area contributed by atoms with E-state index in [1.807, 2.05) is 31.2 Å². The van der Waals surface area contributed by atoms with Gasteiger partial charge in [-0.15, -0.1) is 24.0 Å². The molecule has 0 heterocycles. The van der Waals surface area contributed by atoms with Crippen LogP contribution in [0.3, 0.4) is 0 Å². The molecule has 6 nitrogen and oxygen atoms in total. The van der Waals surface area contributed by atoms with Crippen molar-refractivity contribution in [1.29, 1.82) is 0 Å². The molecule has 1 aromatic carbocycles. The van der Waals surface area contributed by atoms with E-state index in [1.165, 1.54) is 0 Å². The summed E-state index contributed by atoms with van der Waals surface area (Å²) in [5, 5.41) is 17.1. The van der Waals surface area contributed by atoms with Gasteiger partial charge in [-0.25, -0.2) is 0 Å². The van der Waals surface area contributed by atoms with Crippen molar-refractivity contribution >= 4 is 29.9 Å². The Balaban J connectivity index is 0.00000729. The Morgan fingerprint density at radius 1 is 1.18 bits per heavy atom. The van der Waals surface area contributed by atoms with Gasteiger partial charge in [0.1, 0.15) is 5.75 Å². The van der Waals surface area contributed by atoms with Crippen LogP contribution in [0.5, 0.6) is 5.75 Å². The molecule has 0 saturated heterocycles. The quantitative estimate of drug-likeness (QED) is 0.230. The maximum atomic E-state index is 10.4. The molecule has 0 radical (unpaired) electrons. The molecule has 3 N–H and O–H groups in total. The van der Waals surface area contributed by atoms with E-state index in [0.717, 1.165) is 56.3 Å². The third kappa shape index (κ3) is 10.5. The largest absolute Gasteiger partial charge is 0.497 e. The fourth-order valence-corrected chi connectivity index (χ4v) is 2.90. The summed E-state index contributed by atoms with van der Waals surface area (Å²) in [6.07, 6.45) is 1.61. The first-order valence-corrected chi connectivity index (χ1v) is 10.1. The fourth-order valence-electron chi connectivity index (χ4n) is 2.90. The highest BCUT2D eigenvalue weighted by atomic mass is 127. The number of halogens is 1. The molecule has 0 spiro atoms. The lowest BCUT2D eigenvalue weighted by Crippen LogP contribution is -2.42. The van der Waals surface area contributed by atoms with E-state index in [4.69, 9.17) is 4.74 Å². The highest BCUT2D eigenvalue weighted by molar-refractivity contribution is 14.0. The molecule has 0 aliphatic heterocycles. The number of aliphatic hydroxyl groups excluding tert-OH is 1. The van der Waals surface area contributed by atoms with Crippen molar-refractivity contribution in [2.75, 3.05) is 39.8 Å². The van der Waals surface area contributed by atoms with Gasteiger partial charge in [-0.2, -0.15) is 0 Å². The minimum absolute atomic E-state index is 0. The maximum absolute atomic E-state index is 10.4. The van der Waals surface area contributed by atoms with Gasteiger partial charge in [-0.1, -0.05) is 26.0 Å². The van der Waals surface area contributed by atoms with E-state index in [-0.39, 0.29) is 24.0 Å². The Morgan fingerprint density at radius 2 is 1.82 bits per heavy atom. The lowest BCUT2D eigenvalue weighted by Gasteiger charge is -2.21. The van der Waals surface area contributed by atoms with Gasteiger partial charge in [0.25, 0.3) is 0 Å². The Kier molecular flexibility index (Phi) is 15.2. The summed E-state index contributed by atoms with van der Waals surface area (Å²) in [5.74, 6) is 1.53. The van der Waals surface area contributed by atoms with Gasteiger partial charge < -0.3 is 25.4 Å². The third-order valence-corrected chi connectivity index (χ3v) is 4.66. The van der Waals surface area contributed by atoms with Crippen molar-refractivity contribution in [3.63, 3.8) is 0 Å². The summed E-state index contributed by atoms with van der Waals surface area (Å²) in [5.41, 5.74) is 0.836. The average molecular weight is 506 g/mol. The predicted molar refractivity (Wildman–Crippen MR) is 129 cm³/mol. The third-order valence-electron chi connectivity index (χ3n) is 4.66. The molecule has 0 saturated carbocycles. The number of ether oxygens (including phenoxy) is 1. The van der Waals surface area contributed by atoms with Gasteiger partial charge in [0.05, 0.1) is 19.8 Å². The molecule has 0 fully saturated rings. The van der Waals surface area contributed by atoms with Crippen LogP contribution in [0.2, 0.25) is 0 Å². The van der Waals surface area contributed by atoms with Crippen LogP contribution in [0.1, 0.15) is 52.2 Å². The van der Waals surface area contributed by atoms with Crippen LogP contribution in [0.15, 0.2) is 29.3 Å². The number of hydrogen-bond acceptors (Lipinski definition) is 4. The molecule has 1 aromatic rings. The van der Waals surface area contributed by atoms with Crippen LogP contribution < -0.4 is 15.4 Å². The minimum atomic E-state index is -0.635. The van der Waals surface area contributed by atoms with Crippen molar-refractivity contribution in [3.05, 3.63) is 29.8 Å². The Labute approximate surface area is 188 Å². The Bertz CT molecular complexity index is 536. The fraction of sp³-hybridized carbons (Fsp3) is 0.667. The molecule has 28 heavy (non-hydrogen) atoms. The van der Waals surface area contributed by atoms with E-state index < -0.39 is 6.10 Å². The van der Waals surface area contributed by atoms with Crippen molar-refractivity contribution in [2.24, 2.45) is 4.99 Å².